The topological polar surface area (TPSA) is 94.5 Å². The van der Waals surface area contributed by atoms with Crippen LogP contribution >= 0.6 is 0 Å². The Kier molecular flexibility index (Phi) is 9.27. The predicted molar refractivity (Wildman–Crippen MR) is 108 cm³/mol. The van der Waals surface area contributed by atoms with E-state index in [1.807, 2.05) is 31.2 Å². The van der Waals surface area contributed by atoms with Gasteiger partial charge >= 0.3 is 5.97 Å². The lowest BCUT2D eigenvalue weighted by atomic mass is 10.1. The molecule has 0 bridgehead atoms. The molecular formula is C22H28O7. The van der Waals surface area contributed by atoms with Crippen LogP contribution in [0.2, 0.25) is 0 Å². The van der Waals surface area contributed by atoms with Gasteiger partial charge in [-0.2, -0.15) is 0 Å². The number of aliphatic carboxylic acids is 1. The SMILES string of the molecule is CC[C@@H](O)Oc1ccc(OCCCOc2ccc(C[C@H](OC)C(=O)O)cc2)cc1. The fraction of sp³-hybridized carbons (Fsp3) is 0.409. The Morgan fingerprint density at radius 2 is 1.45 bits per heavy atom. The minimum absolute atomic E-state index is 0.307. The van der Waals surface area contributed by atoms with Crippen LogP contribution in [0.25, 0.3) is 0 Å². The van der Waals surface area contributed by atoms with Gasteiger partial charge in [0, 0.05) is 26.4 Å². The van der Waals surface area contributed by atoms with Crippen LogP contribution in [0.1, 0.15) is 25.3 Å². The van der Waals surface area contributed by atoms with Crippen molar-refractivity contribution in [2.75, 3.05) is 20.3 Å². The highest BCUT2D eigenvalue weighted by molar-refractivity contribution is 5.72. The number of ether oxygens (including phenoxy) is 4. The lowest BCUT2D eigenvalue weighted by Crippen LogP contribution is -2.24. The smallest absolute Gasteiger partial charge is 0.333 e. The van der Waals surface area contributed by atoms with Crippen LogP contribution in [0.4, 0.5) is 0 Å². The van der Waals surface area contributed by atoms with Crippen LogP contribution in [-0.4, -0.2) is 48.9 Å². The van der Waals surface area contributed by atoms with Crippen molar-refractivity contribution in [1.82, 2.24) is 0 Å². The van der Waals surface area contributed by atoms with Crippen LogP contribution in [0.3, 0.4) is 0 Å². The van der Waals surface area contributed by atoms with Gasteiger partial charge in [0.2, 0.25) is 0 Å². The van der Waals surface area contributed by atoms with E-state index in [1.165, 1.54) is 7.11 Å². The number of carbonyl (C=O) groups is 1. The summed E-state index contributed by atoms with van der Waals surface area (Å²) in [6.07, 6.45) is -0.111. The third-order valence-electron chi connectivity index (χ3n) is 4.18. The molecule has 2 aromatic carbocycles. The van der Waals surface area contributed by atoms with Crippen molar-refractivity contribution in [2.24, 2.45) is 0 Å². The van der Waals surface area contributed by atoms with E-state index < -0.39 is 18.4 Å². The first-order valence-corrected chi connectivity index (χ1v) is 9.56. The van der Waals surface area contributed by atoms with E-state index >= 15 is 0 Å². The van der Waals surface area contributed by atoms with Gasteiger partial charge in [0.25, 0.3) is 0 Å². The molecule has 0 saturated heterocycles. The molecule has 7 nitrogen and oxygen atoms in total. The summed E-state index contributed by atoms with van der Waals surface area (Å²) in [6, 6.07) is 14.4. The zero-order valence-corrected chi connectivity index (χ0v) is 16.7. The van der Waals surface area contributed by atoms with E-state index in [2.05, 4.69) is 0 Å². The van der Waals surface area contributed by atoms with Crippen LogP contribution in [0, 0.1) is 0 Å². The quantitative estimate of drug-likeness (QED) is 0.391. The Morgan fingerprint density at radius 3 is 1.93 bits per heavy atom. The third-order valence-corrected chi connectivity index (χ3v) is 4.18. The lowest BCUT2D eigenvalue weighted by Gasteiger charge is -2.12. The maximum atomic E-state index is 11.0. The number of aliphatic hydroxyl groups is 1. The molecule has 0 aliphatic rings. The molecule has 0 heterocycles. The number of aliphatic hydroxyl groups excluding tert-OH is 1. The molecule has 0 radical (unpaired) electrons. The maximum Gasteiger partial charge on any atom is 0.333 e. The van der Waals surface area contributed by atoms with E-state index in [0.29, 0.717) is 44.0 Å². The average molecular weight is 404 g/mol. The van der Waals surface area contributed by atoms with Gasteiger partial charge in [-0.1, -0.05) is 19.1 Å². The standard InChI is InChI=1S/C22H28O7/c1-3-21(23)29-19-11-9-18(10-12-19)28-14-4-13-27-17-7-5-16(6-8-17)15-20(26-2)22(24)25/h5-12,20-21,23H,3-4,13-15H2,1-2H3,(H,24,25)/t20-,21-/m0/s1. The van der Waals surface area contributed by atoms with Crippen molar-refractivity contribution in [3.63, 3.8) is 0 Å². The zero-order chi connectivity index (χ0) is 21.1. The number of carboxylic acids is 1. The molecule has 0 aromatic heterocycles. The van der Waals surface area contributed by atoms with E-state index in [1.54, 1.807) is 24.3 Å². The fourth-order valence-corrected chi connectivity index (χ4v) is 2.50. The summed E-state index contributed by atoms with van der Waals surface area (Å²) in [5.41, 5.74) is 0.869. The van der Waals surface area contributed by atoms with Gasteiger partial charge in [-0.05, 0) is 42.0 Å². The Morgan fingerprint density at radius 1 is 0.931 bits per heavy atom. The summed E-state index contributed by atoms with van der Waals surface area (Å²) in [7, 11) is 1.39. The van der Waals surface area contributed by atoms with Crippen LogP contribution in [-0.2, 0) is 16.0 Å². The van der Waals surface area contributed by atoms with Crippen molar-refractivity contribution < 1.29 is 34.0 Å². The lowest BCUT2D eigenvalue weighted by molar-refractivity contribution is -0.148. The third kappa shape index (κ3) is 8.01. The zero-order valence-electron chi connectivity index (χ0n) is 16.7. The van der Waals surface area contributed by atoms with E-state index in [0.717, 1.165) is 11.3 Å². The molecule has 0 aliphatic heterocycles. The summed E-state index contributed by atoms with van der Waals surface area (Å²) in [4.78, 5) is 11.0. The van der Waals surface area contributed by atoms with Gasteiger partial charge in [-0.15, -0.1) is 0 Å². The first-order chi connectivity index (χ1) is 14.0. The highest BCUT2D eigenvalue weighted by Crippen LogP contribution is 2.19. The fourth-order valence-electron chi connectivity index (χ4n) is 2.50. The molecule has 2 atom stereocenters. The second-order valence-electron chi connectivity index (χ2n) is 6.41. The molecule has 0 unspecified atom stereocenters. The molecule has 2 aromatic rings. The molecule has 0 amide bonds. The van der Waals surface area contributed by atoms with E-state index in [-0.39, 0.29) is 0 Å². The monoisotopic (exact) mass is 404 g/mol. The van der Waals surface area contributed by atoms with Crippen molar-refractivity contribution >= 4 is 5.97 Å². The van der Waals surface area contributed by atoms with Crippen LogP contribution in [0.5, 0.6) is 17.2 Å². The van der Waals surface area contributed by atoms with Gasteiger partial charge in [-0.3, -0.25) is 0 Å². The highest BCUT2D eigenvalue weighted by atomic mass is 16.6. The highest BCUT2D eigenvalue weighted by Gasteiger charge is 2.16. The minimum atomic E-state index is -0.978. The average Bonchev–Trinajstić information content (AvgIpc) is 2.73. The summed E-state index contributed by atoms with van der Waals surface area (Å²) >= 11 is 0. The Hall–Kier alpha value is -2.77. The second-order valence-corrected chi connectivity index (χ2v) is 6.41. The number of hydrogen-bond donors (Lipinski definition) is 2. The molecule has 2 N–H and O–H groups in total. The van der Waals surface area contributed by atoms with Crippen LogP contribution < -0.4 is 14.2 Å². The molecule has 0 spiro atoms. The summed E-state index contributed by atoms with van der Waals surface area (Å²) in [6.45, 7) is 2.85. The summed E-state index contributed by atoms with van der Waals surface area (Å²) < 4.78 is 21.6. The first kappa shape index (κ1) is 22.5. The van der Waals surface area contributed by atoms with Crippen molar-refractivity contribution in [3.05, 3.63) is 54.1 Å². The Labute approximate surface area is 170 Å². The molecule has 0 aliphatic carbocycles. The summed E-state index contributed by atoms with van der Waals surface area (Å²) in [5, 5.41) is 18.5. The number of carboxylic acid groups (broad SMARTS) is 1. The van der Waals surface area contributed by atoms with Crippen molar-refractivity contribution in [2.45, 2.75) is 38.6 Å². The molecule has 29 heavy (non-hydrogen) atoms. The van der Waals surface area contributed by atoms with Crippen LogP contribution in [0.15, 0.2) is 48.5 Å². The molecule has 2 rings (SSSR count). The van der Waals surface area contributed by atoms with Gasteiger partial charge in [0.1, 0.15) is 17.2 Å². The van der Waals surface area contributed by atoms with E-state index in [9.17, 15) is 9.90 Å². The molecule has 158 valence electrons. The Balaban J connectivity index is 1.67. The van der Waals surface area contributed by atoms with Gasteiger partial charge < -0.3 is 29.2 Å². The number of rotatable bonds is 13. The van der Waals surface area contributed by atoms with Crippen molar-refractivity contribution in [1.29, 1.82) is 0 Å². The second kappa shape index (κ2) is 11.9. The number of benzene rings is 2. The van der Waals surface area contributed by atoms with Gasteiger partial charge in [0.05, 0.1) is 13.2 Å². The number of methoxy groups -OCH3 is 1. The molecule has 0 saturated carbocycles. The largest absolute Gasteiger partial charge is 0.493 e. The predicted octanol–water partition coefficient (Wildman–Crippen LogP) is 3.28. The molecular weight excluding hydrogens is 376 g/mol. The van der Waals surface area contributed by atoms with Crippen molar-refractivity contribution in [3.8, 4) is 17.2 Å². The summed E-state index contributed by atoms with van der Waals surface area (Å²) in [5.74, 6) is 1.06. The molecule has 7 heteroatoms. The normalized spacial score (nSPS) is 12.8. The van der Waals surface area contributed by atoms with Gasteiger partial charge in [-0.25, -0.2) is 4.79 Å². The number of hydrogen-bond acceptors (Lipinski definition) is 6. The van der Waals surface area contributed by atoms with E-state index in [4.69, 9.17) is 24.1 Å². The maximum absolute atomic E-state index is 11.0. The van der Waals surface area contributed by atoms with Gasteiger partial charge in [0.15, 0.2) is 12.4 Å². The first-order valence-electron chi connectivity index (χ1n) is 9.56. The molecule has 0 fully saturated rings. The Bertz CT molecular complexity index is 728. The minimum Gasteiger partial charge on any atom is -0.493 e.